The van der Waals surface area contributed by atoms with Crippen molar-refractivity contribution in [3.05, 3.63) is 23.8 Å². The second-order valence-electron chi connectivity index (χ2n) is 4.75. The number of amides is 1. The summed E-state index contributed by atoms with van der Waals surface area (Å²) >= 11 is 0. The molecule has 0 spiro atoms. The van der Waals surface area contributed by atoms with Crippen molar-refractivity contribution in [1.82, 2.24) is 5.32 Å². The minimum atomic E-state index is -2.94. The minimum Gasteiger partial charge on any atom is -0.493 e. The molecule has 1 amide bonds. The van der Waals surface area contributed by atoms with Gasteiger partial charge in [0, 0.05) is 11.6 Å². The predicted molar refractivity (Wildman–Crippen MR) is 71.4 cm³/mol. The van der Waals surface area contributed by atoms with E-state index in [2.05, 4.69) is 10.1 Å². The molecule has 0 aliphatic heterocycles. The number of hydrogen-bond acceptors (Lipinski definition) is 3. The lowest BCUT2D eigenvalue weighted by atomic mass is 10.1. The van der Waals surface area contributed by atoms with Crippen LogP contribution in [0.15, 0.2) is 18.2 Å². The lowest BCUT2D eigenvalue weighted by Crippen LogP contribution is -2.36. The number of benzene rings is 1. The molecule has 0 radical (unpaired) electrons. The lowest BCUT2D eigenvalue weighted by molar-refractivity contribution is -0.0512. The molecule has 0 aromatic heterocycles. The molecule has 1 N–H and O–H groups in total. The van der Waals surface area contributed by atoms with Crippen molar-refractivity contribution in [3.63, 3.8) is 0 Å². The van der Waals surface area contributed by atoms with E-state index in [4.69, 9.17) is 4.74 Å². The van der Waals surface area contributed by atoms with Crippen LogP contribution in [0, 0.1) is 5.92 Å². The zero-order valence-electron chi connectivity index (χ0n) is 11.9. The number of carbonyl (C=O) groups excluding carboxylic acids is 1. The van der Waals surface area contributed by atoms with Crippen LogP contribution in [0.1, 0.15) is 31.1 Å². The highest BCUT2D eigenvalue weighted by Gasteiger charge is 2.16. The lowest BCUT2D eigenvalue weighted by Gasteiger charge is -2.18. The van der Waals surface area contributed by atoms with Crippen molar-refractivity contribution in [2.24, 2.45) is 5.92 Å². The van der Waals surface area contributed by atoms with Gasteiger partial charge < -0.3 is 14.8 Å². The molecule has 0 aliphatic carbocycles. The van der Waals surface area contributed by atoms with Gasteiger partial charge >= 0.3 is 6.61 Å². The minimum absolute atomic E-state index is 0.00508. The number of halogens is 2. The Bertz CT molecular complexity index is 464. The third-order valence-corrected chi connectivity index (χ3v) is 3.00. The van der Waals surface area contributed by atoms with Crippen LogP contribution in [0.4, 0.5) is 8.78 Å². The first kappa shape index (κ1) is 16.2. The van der Waals surface area contributed by atoms with Crippen molar-refractivity contribution in [2.75, 3.05) is 7.11 Å². The smallest absolute Gasteiger partial charge is 0.387 e. The third-order valence-electron chi connectivity index (χ3n) is 3.00. The number of carbonyl (C=O) groups is 1. The molecular formula is C14H19F2NO3. The SMILES string of the molecule is COc1cc(C(=O)NC(C)C(C)C)ccc1OC(F)F. The van der Waals surface area contributed by atoms with Gasteiger partial charge in [0.1, 0.15) is 0 Å². The Balaban J connectivity index is 2.89. The summed E-state index contributed by atoms with van der Waals surface area (Å²) in [6.45, 7) is 2.94. The largest absolute Gasteiger partial charge is 0.493 e. The summed E-state index contributed by atoms with van der Waals surface area (Å²) in [7, 11) is 1.33. The first-order valence-corrected chi connectivity index (χ1v) is 6.28. The van der Waals surface area contributed by atoms with Crippen LogP contribution < -0.4 is 14.8 Å². The number of hydrogen-bond donors (Lipinski definition) is 1. The third kappa shape index (κ3) is 4.36. The molecule has 1 atom stereocenters. The van der Waals surface area contributed by atoms with E-state index in [-0.39, 0.29) is 23.4 Å². The van der Waals surface area contributed by atoms with Gasteiger partial charge in [-0.2, -0.15) is 8.78 Å². The number of methoxy groups -OCH3 is 1. The van der Waals surface area contributed by atoms with E-state index in [0.29, 0.717) is 11.5 Å². The monoisotopic (exact) mass is 287 g/mol. The highest BCUT2D eigenvalue weighted by molar-refractivity contribution is 5.95. The van der Waals surface area contributed by atoms with E-state index < -0.39 is 6.61 Å². The standard InChI is InChI=1S/C14H19F2NO3/c1-8(2)9(3)17-13(18)10-5-6-11(20-14(15)16)12(7-10)19-4/h5-9,14H,1-4H3,(H,17,18). The first-order valence-electron chi connectivity index (χ1n) is 6.28. The average molecular weight is 287 g/mol. The average Bonchev–Trinajstić information content (AvgIpc) is 2.38. The molecule has 0 heterocycles. The van der Waals surface area contributed by atoms with Crippen molar-refractivity contribution < 1.29 is 23.0 Å². The molecule has 1 aromatic rings. The summed E-state index contributed by atoms with van der Waals surface area (Å²) in [6.07, 6.45) is 0. The van der Waals surface area contributed by atoms with Crippen LogP contribution in [0.5, 0.6) is 11.5 Å². The van der Waals surface area contributed by atoms with Gasteiger partial charge in [-0.05, 0) is 31.0 Å². The summed E-state index contributed by atoms with van der Waals surface area (Å²) in [5.74, 6) is 0.00138. The topological polar surface area (TPSA) is 47.6 Å². The van der Waals surface area contributed by atoms with Crippen molar-refractivity contribution >= 4 is 5.91 Å². The molecule has 0 saturated carbocycles. The maximum absolute atomic E-state index is 12.2. The summed E-state index contributed by atoms with van der Waals surface area (Å²) < 4.78 is 33.7. The number of nitrogens with one attached hydrogen (secondary N) is 1. The van der Waals surface area contributed by atoms with Crippen LogP contribution in [0.2, 0.25) is 0 Å². The highest BCUT2D eigenvalue weighted by Crippen LogP contribution is 2.29. The van der Waals surface area contributed by atoms with E-state index in [1.807, 2.05) is 20.8 Å². The van der Waals surface area contributed by atoms with Crippen LogP contribution in [-0.2, 0) is 0 Å². The molecule has 1 aromatic carbocycles. The molecule has 0 bridgehead atoms. The fourth-order valence-electron chi connectivity index (χ4n) is 1.46. The van der Waals surface area contributed by atoms with Gasteiger partial charge in [0.05, 0.1) is 7.11 Å². The Labute approximate surface area is 117 Å². The zero-order valence-corrected chi connectivity index (χ0v) is 11.9. The number of ether oxygens (including phenoxy) is 2. The van der Waals surface area contributed by atoms with Crippen molar-refractivity contribution in [3.8, 4) is 11.5 Å². The van der Waals surface area contributed by atoms with E-state index in [1.54, 1.807) is 0 Å². The fraction of sp³-hybridized carbons (Fsp3) is 0.500. The Hall–Kier alpha value is -1.85. The molecule has 1 unspecified atom stereocenters. The van der Waals surface area contributed by atoms with Crippen molar-refractivity contribution in [1.29, 1.82) is 0 Å². The Morgan fingerprint density at radius 3 is 2.35 bits per heavy atom. The van der Waals surface area contributed by atoms with Gasteiger partial charge in [0.15, 0.2) is 11.5 Å². The molecule has 0 saturated heterocycles. The van der Waals surface area contributed by atoms with E-state index in [1.165, 1.54) is 25.3 Å². The molecule has 6 heteroatoms. The Morgan fingerprint density at radius 2 is 1.85 bits per heavy atom. The summed E-state index contributed by atoms with van der Waals surface area (Å²) in [5.41, 5.74) is 0.330. The maximum Gasteiger partial charge on any atom is 0.387 e. The molecule has 0 aliphatic rings. The van der Waals surface area contributed by atoms with Crippen LogP contribution in [0.3, 0.4) is 0 Å². The fourth-order valence-corrected chi connectivity index (χ4v) is 1.46. The summed E-state index contributed by atoms with van der Waals surface area (Å²) in [6, 6.07) is 4.09. The van der Waals surface area contributed by atoms with E-state index >= 15 is 0 Å². The molecular weight excluding hydrogens is 268 g/mol. The first-order chi connectivity index (χ1) is 9.35. The quantitative estimate of drug-likeness (QED) is 0.874. The van der Waals surface area contributed by atoms with Crippen LogP contribution in [0.25, 0.3) is 0 Å². The van der Waals surface area contributed by atoms with E-state index in [0.717, 1.165) is 0 Å². The molecule has 4 nitrogen and oxygen atoms in total. The molecule has 112 valence electrons. The van der Waals surface area contributed by atoms with Gasteiger partial charge in [-0.25, -0.2) is 0 Å². The van der Waals surface area contributed by atoms with Gasteiger partial charge in [0.2, 0.25) is 0 Å². The molecule has 0 fully saturated rings. The van der Waals surface area contributed by atoms with Gasteiger partial charge in [-0.3, -0.25) is 4.79 Å². The summed E-state index contributed by atoms with van der Waals surface area (Å²) in [5, 5.41) is 2.82. The maximum atomic E-state index is 12.2. The van der Waals surface area contributed by atoms with E-state index in [9.17, 15) is 13.6 Å². The Morgan fingerprint density at radius 1 is 1.20 bits per heavy atom. The van der Waals surface area contributed by atoms with Gasteiger partial charge in [0.25, 0.3) is 5.91 Å². The van der Waals surface area contributed by atoms with Gasteiger partial charge in [-0.15, -0.1) is 0 Å². The van der Waals surface area contributed by atoms with Crippen molar-refractivity contribution in [2.45, 2.75) is 33.4 Å². The zero-order chi connectivity index (χ0) is 15.3. The molecule has 20 heavy (non-hydrogen) atoms. The molecule has 1 rings (SSSR count). The van der Waals surface area contributed by atoms with Crippen LogP contribution >= 0.6 is 0 Å². The predicted octanol–water partition coefficient (Wildman–Crippen LogP) is 3.07. The van der Waals surface area contributed by atoms with Gasteiger partial charge in [-0.1, -0.05) is 13.8 Å². The number of rotatable bonds is 6. The number of alkyl halides is 2. The summed E-state index contributed by atoms with van der Waals surface area (Å²) in [4.78, 5) is 12.0. The highest BCUT2D eigenvalue weighted by atomic mass is 19.3. The normalized spacial score (nSPS) is 12.4. The van der Waals surface area contributed by atoms with Crippen LogP contribution in [-0.4, -0.2) is 25.7 Å². The second kappa shape index (κ2) is 7.07. The Kier molecular flexibility index (Phi) is 5.73. The second-order valence-corrected chi connectivity index (χ2v) is 4.75.